The summed E-state index contributed by atoms with van der Waals surface area (Å²) in [6, 6.07) is 4.36. The largest absolute Gasteiger partial charge is 0.463 e. The van der Waals surface area contributed by atoms with E-state index < -0.39 is 5.41 Å². The molecule has 27 heavy (non-hydrogen) atoms. The average Bonchev–Trinajstić information content (AvgIpc) is 3.12. The zero-order chi connectivity index (χ0) is 18.6. The molecule has 4 aliphatic rings. The van der Waals surface area contributed by atoms with E-state index in [1.807, 2.05) is 0 Å². The molecule has 7 nitrogen and oxygen atoms in total. The van der Waals surface area contributed by atoms with Gasteiger partial charge >= 0.3 is 5.97 Å². The Morgan fingerprint density at radius 3 is 2.93 bits per heavy atom. The third-order valence-electron chi connectivity index (χ3n) is 6.19. The van der Waals surface area contributed by atoms with E-state index in [0.29, 0.717) is 6.73 Å². The number of rotatable bonds is 3. The highest BCUT2D eigenvalue weighted by molar-refractivity contribution is 5.66. The van der Waals surface area contributed by atoms with E-state index in [4.69, 9.17) is 23.7 Å². The van der Waals surface area contributed by atoms with E-state index in [9.17, 15) is 4.79 Å². The topological polar surface area (TPSA) is 66.5 Å². The van der Waals surface area contributed by atoms with Gasteiger partial charge in [0.1, 0.15) is 19.4 Å². The third kappa shape index (κ3) is 2.49. The molecule has 3 aliphatic heterocycles. The molecule has 3 heterocycles. The van der Waals surface area contributed by atoms with Crippen LogP contribution in [-0.2, 0) is 31.0 Å². The summed E-state index contributed by atoms with van der Waals surface area (Å²) >= 11 is 0. The minimum Gasteiger partial charge on any atom is -0.463 e. The predicted octanol–water partition coefficient (Wildman–Crippen LogP) is 1.73. The zero-order valence-electron chi connectivity index (χ0n) is 15.5. The number of nitrogens with zero attached hydrogens (tertiary/aromatic N) is 1. The Balaban J connectivity index is 1.66. The second-order valence-electron chi connectivity index (χ2n) is 7.51. The van der Waals surface area contributed by atoms with Crippen molar-refractivity contribution in [1.82, 2.24) is 4.90 Å². The first-order chi connectivity index (χ1) is 13.1. The molecular weight excluding hydrogens is 350 g/mol. The number of methoxy groups -OCH3 is 1. The highest BCUT2D eigenvalue weighted by Crippen LogP contribution is 2.52. The fourth-order valence-electron chi connectivity index (χ4n) is 4.95. The molecule has 0 spiro atoms. The SMILES string of the molecule is CO[C@@H]1C=CC23c4cc5c(cc4CN(COC2COC(C)=O)C3C1)OCO5. The fourth-order valence-corrected chi connectivity index (χ4v) is 4.95. The van der Waals surface area contributed by atoms with Crippen molar-refractivity contribution in [2.75, 3.05) is 27.2 Å². The number of benzene rings is 1. The molecule has 0 amide bonds. The van der Waals surface area contributed by atoms with Gasteiger partial charge in [-0.3, -0.25) is 9.69 Å². The van der Waals surface area contributed by atoms with E-state index in [0.717, 1.165) is 30.0 Å². The maximum absolute atomic E-state index is 11.5. The zero-order valence-corrected chi connectivity index (χ0v) is 15.5. The van der Waals surface area contributed by atoms with Crippen molar-refractivity contribution >= 4 is 5.97 Å². The number of ether oxygens (including phenoxy) is 5. The van der Waals surface area contributed by atoms with Crippen molar-refractivity contribution in [3.8, 4) is 11.5 Å². The Bertz CT molecular complexity index is 808. The molecule has 1 saturated heterocycles. The summed E-state index contributed by atoms with van der Waals surface area (Å²) in [6.07, 6.45) is 4.95. The van der Waals surface area contributed by atoms with Gasteiger partial charge in [0.05, 0.1) is 11.5 Å². The van der Waals surface area contributed by atoms with Crippen LogP contribution >= 0.6 is 0 Å². The van der Waals surface area contributed by atoms with Gasteiger partial charge in [0.25, 0.3) is 0 Å². The second-order valence-corrected chi connectivity index (χ2v) is 7.51. The molecule has 5 atom stereocenters. The molecule has 0 aromatic heterocycles. The first-order valence-corrected chi connectivity index (χ1v) is 9.26. The minimum atomic E-state index is -0.419. The van der Waals surface area contributed by atoms with E-state index in [2.05, 4.69) is 29.2 Å². The van der Waals surface area contributed by atoms with Gasteiger partial charge in [0, 0.05) is 26.6 Å². The summed E-state index contributed by atoms with van der Waals surface area (Å²) in [5.74, 6) is 1.24. The quantitative estimate of drug-likeness (QED) is 0.590. The van der Waals surface area contributed by atoms with Crippen molar-refractivity contribution in [1.29, 1.82) is 0 Å². The van der Waals surface area contributed by atoms with Gasteiger partial charge in [-0.25, -0.2) is 0 Å². The Hall–Kier alpha value is -2.09. The van der Waals surface area contributed by atoms with Crippen molar-refractivity contribution in [2.45, 2.75) is 43.6 Å². The standard InChI is InChI=1S/C20H23NO6/c1-12(22)24-9-19-20-4-3-14(23-2)6-18(20)21(10-25-19)8-13-5-16-17(7-15(13)20)27-11-26-16/h3-5,7,14,18-19H,6,8-11H2,1-2H3/t14-,18?,19?,20?/m1/s1. The van der Waals surface area contributed by atoms with Crippen LogP contribution in [0.25, 0.3) is 0 Å². The lowest BCUT2D eigenvalue weighted by Crippen LogP contribution is -2.67. The van der Waals surface area contributed by atoms with Crippen LogP contribution < -0.4 is 9.47 Å². The van der Waals surface area contributed by atoms with Crippen LogP contribution in [0, 0.1) is 0 Å². The molecule has 0 saturated carbocycles. The number of hydrogen-bond acceptors (Lipinski definition) is 7. The highest BCUT2D eigenvalue weighted by atomic mass is 16.7. The van der Waals surface area contributed by atoms with E-state index in [-0.39, 0.29) is 37.6 Å². The van der Waals surface area contributed by atoms with Crippen molar-refractivity contribution in [3.63, 3.8) is 0 Å². The molecular formula is C20H23NO6. The van der Waals surface area contributed by atoms with Crippen LogP contribution in [0.4, 0.5) is 0 Å². The molecule has 2 bridgehead atoms. The Kier molecular flexibility index (Phi) is 3.93. The molecule has 1 aromatic carbocycles. The highest BCUT2D eigenvalue weighted by Gasteiger charge is 2.57. The summed E-state index contributed by atoms with van der Waals surface area (Å²) in [5, 5.41) is 0. The lowest BCUT2D eigenvalue weighted by atomic mass is 9.61. The van der Waals surface area contributed by atoms with Crippen molar-refractivity contribution in [3.05, 3.63) is 35.4 Å². The lowest BCUT2D eigenvalue weighted by Gasteiger charge is -2.58. The van der Waals surface area contributed by atoms with E-state index in [1.165, 1.54) is 12.5 Å². The average molecular weight is 373 g/mol. The molecule has 144 valence electrons. The Morgan fingerprint density at radius 1 is 1.33 bits per heavy atom. The Labute approximate surface area is 157 Å². The van der Waals surface area contributed by atoms with Gasteiger partial charge in [-0.1, -0.05) is 12.2 Å². The molecule has 4 unspecified atom stereocenters. The van der Waals surface area contributed by atoms with Gasteiger partial charge in [0.2, 0.25) is 6.79 Å². The summed E-state index contributed by atoms with van der Waals surface area (Å²) in [4.78, 5) is 13.8. The molecule has 0 N–H and O–H groups in total. The van der Waals surface area contributed by atoms with Gasteiger partial charge < -0.3 is 23.7 Å². The molecule has 5 rings (SSSR count). The lowest BCUT2D eigenvalue weighted by molar-refractivity contribution is -0.180. The molecule has 1 aliphatic carbocycles. The number of hydrogen-bond donors (Lipinski definition) is 0. The predicted molar refractivity (Wildman–Crippen MR) is 94.5 cm³/mol. The minimum absolute atomic E-state index is 0.0636. The smallest absolute Gasteiger partial charge is 0.302 e. The van der Waals surface area contributed by atoms with Crippen molar-refractivity contribution in [2.24, 2.45) is 0 Å². The van der Waals surface area contributed by atoms with E-state index in [1.54, 1.807) is 7.11 Å². The van der Waals surface area contributed by atoms with Gasteiger partial charge in [-0.05, 0) is 29.7 Å². The van der Waals surface area contributed by atoms with Gasteiger partial charge in [-0.15, -0.1) is 0 Å². The van der Waals surface area contributed by atoms with Crippen LogP contribution in [-0.4, -0.2) is 56.4 Å². The van der Waals surface area contributed by atoms with Crippen LogP contribution in [0.15, 0.2) is 24.3 Å². The fraction of sp³-hybridized carbons (Fsp3) is 0.550. The number of carbonyl (C=O) groups excluding carboxylic acids is 1. The summed E-state index contributed by atoms with van der Waals surface area (Å²) < 4.78 is 28.4. The first-order valence-electron chi connectivity index (χ1n) is 9.26. The maximum Gasteiger partial charge on any atom is 0.302 e. The van der Waals surface area contributed by atoms with E-state index >= 15 is 0 Å². The first kappa shape index (κ1) is 17.0. The van der Waals surface area contributed by atoms with Crippen LogP contribution in [0.2, 0.25) is 0 Å². The maximum atomic E-state index is 11.5. The summed E-state index contributed by atoms with van der Waals surface area (Å²) in [7, 11) is 1.74. The Morgan fingerprint density at radius 2 is 2.15 bits per heavy atom. The number of fused-ring (bicyclic) bond motifs is 2. The molecule has 1 fully saturated rings. The normalized spacial score (nSPS) is 35.3. The second kappa shape index (κ2) is 6.22. The van der Waals surface area contributed by atoms with Crippen molar-refractivity contribution < 1.29 is 28.5 Å². The van der Waals surface area contributed by atoms with Crippen LogP contribution in [0.3, 0.4) is 0 Å². The van der Waals surface area contributed by atoms with Crippen LogP contribution in [0.5, 0.6) is 11.5 Å². The summed E-state index contributed by atoms with van der Waals surface area (Å²) in [5.41, 5.74) is 1.94. The van der Waals surface area contributed by atoms with Crippen LogP contribution in [0.1, 0.15) is 24.5 Å². The molecule has 0 radical (unpaired) electrons. The number of esters is 1. The number of carbonyl (C=O) groups is 1. The molecule has 7 heteroatoms. The van der Waals surface area contributed by atoms with Gasteiger partial charge in [-0.2, -0.15) is 0 Å². The summed E-state index contributed by atoms with van der Waals surface area (Å²) in [6.45, 7) is 3.16. The third-order valence-corrected chi connectivity index (χ3v) is 6.19. The van der Waals surface area contributed by atoms with Gasteiger partial charge in [0.15, 0.2) is 11.5 Å². The molecule has 1 aromatic rings. The monoisotopic (exact) mass is 373 g/mol.